The second-order valence-corrected chi connectivity index (χ2v) is 7.92. The zero-order chi connectivity index (χ0) is 22.2. The average molecular weight is 431 g/mol. The van der Waals surface area contributed by atoms with E-state index in [2.05, 4.69) is 16.7 Å². The summed E-state index contributed by atoms with van der Waals surface area (Å²) < 4.78 is 39.1. The lowest BCUT2D eigenvalue weighted by Crippen LogP contribution is -2.47. The average Bonchev–Trinajstić information content (AvgIpc) is 2.99. The van der Waals surface area contributed by atoms with E-state index >= 15 is 0 Å². The number of halogens is 3. The molecule has 0 saturated carbocycles. The fraction of sp³-hybridized carbons (Fsp3) is 0.391. The molecule has 0 unspecified atom stereocenters. The van der Waals surface area contributed by atoms with E-state index in [0.717, 1.165) is 61.9 Å². The minimum Gasteiger partial charge on any atom is -0.368 e. The first kappa shape index (κ1) is 21.4. The topological polar surface area (TPSA) is 43.9 Å². The molecule has 0 bridgehead atoms. The van der Waals surface area contributed by atoms with E-state index in [1.807, 2.05) is 6.07 Å². The Morgan fingerprint density at radius 2 is 1.65 bits per heavy atom. The number of carbonyl (C=O) groups excluding carboxylic acids is 2. The maximum Gasteiger partial charge on any atom is 0.416 e. The van der Waals surface area contributed by atoms with Gasteiger partial charge in [-0.25, -0.2) is 0 Å². The predicted octanol–water partition coefficient (Wildman–Crippen LogP) is 4.03. The van der Waals surface area contributed by atoms with Gasteiger partial charge in [-0.3, -0.25) is 19.4 Å². The summed E-state index contributed by atoms with van der Waals surface area (Å²) in [6, 6.07) is 9.95. The molecule has 2 amide bonds. The van der Waals surface area contributed by atoms with Crippen LogP contribution in [0.3, 0.4) is 0 Å². The van der Waals surface area contributed by atoms with Gasteiger partial charge >= 0.3 is 6.18 Å². The van der Waals surface area contributed by atoms with E-state index in [1.165, 1.54) is 12.1 Å². The van der Waals surface area contributed by atoms with Gasteiger partial charge in [-0.15, -0.1) is 0 Å². The van der Waals surface area contributed by atoms with Crippen molar-refractivity contribution in [1.29, 1.82) is 0 Å². The highest BCUT2D eigenvalue weighted by Gasteiger charge is 2.39. The number of imide groups is 1. The molecule has 0 atom stereocenters. The van der Waals surface area contributed by atoms with Crippen molar-refractivity contribution in [2.24, 2.45) is 0 Å². The summed E-state index contributed by atoms with van der Waals surface area (Å²) in [5.41, 5.74) is 0.846. The number of rotatable bonds is 5. The van der Waals surface area contributed by atoms with Gasteiger partial charge < -0.3 is 4.90 Å². The van der Waals surface area contributed by atoms with Gasteiger partial charge in [-0.2, -0.15) is 13.2 Å². The summed E-state index contributed by atoms with van der Waals surface area (Å²) in [6.45, 7) is 6.25. The van der Waals surface area contributed by atoms with E-state index in [9.17, 15) is 22.8 Å². The van der Waals surface area contributed by atoms with Gasteiger partial charge in [0, 0.05) is 26.2 Å². The zero-order valence-electron chi connectivity index (χ0n) is 17.3. The molecule has 0 aliphatic carbocycles. The molecule has 0 radical (unpaired) electrons. The maximum atomic E-state index is 13.2. The lowest BCUT2D eigenvalue weighted by molar-refractivity contribution is -0.137. The van der Waals surface area contributed by atoms with Gasteiger partial charge in [-0.1, -0.05) is 25.1 Å². The van der Waals surface area contributed by atoms with E-state index in [4.69, 9.17) is 0 Å². The molecule has 164 valence electrons. The number of hydrogen-bond acceptors (Lipinski definition) is 4. The van der Waals surface area contributed by atoms with Crippen LogP contribution in [0.5, 0.6) is 0 Å². The summed E-state index contributed by atoms with van der Waals surface area (Å²) in [6.07, 6.45) is -3.40. The number of amides is 2. The molecule has 2 aromatic carbocycles. The Bertz CT molecular complexity index is 998. The lowest BCUT2D eigenvalue weighted by Gasteiger charge is -2.36. The first-order chi connectivity index (χ1) is 14.8. The molecule has 2 heterocycles. The first-order valence-electron chi connectivity index (χ1n) is 10.4. The van der Waals surface area contributed by atoms with E-state index in [1.54, 1.807) is 12.1 Å². The van der Waals surface area contributed by atoms with E-state index in [-0.39, 0.29) is 12.1 Å². The molecule has 2 aromatic rings. The molecular formula is C23H24F3N3O2. The number of nitrogens with zero attached hydrogens (tertiary/aromatic N) is 3. The largest absolute Gasteiger partial charge is 0.416 e. The monoisotopic (exact) mass is 431 g/mol. The molecule has 31 heavy (non-hydrogen) atoms. The van der Waals surface area contributed by atoms with Gasteiger partial charge in [0.2, 0.25) is 0 Å². The van der Waals surface area contributed by atoms with Crippen LogP contribution in [0.1, 0.15) is 45.2 Å². The summed E-state index contributed by atoms with van der Waals surface area (Å²) in [5.74, 6) is -0.923. The molecule has 0 spiro atoms. The van der Waals surface area contributed by atoms with Gasteiger partial charge in [0.25, 0.3) is 11.8 Å². The molecule has 2 aliphatic heterocycles. The molecular weight excluding hydrogens is 407 g/mol. The number of alkyl halides is 3. The third kappa shape index (κ3) is 4.17. The molecule has 0 aromatic heterocycles. The number of hydrogen-bond donors (Lipinski definition) is 0. The Kier molecular flexibility index (Phi) is 5.75. The zero-order valence-corrected chi connectivity index (χ0v) is 17.3. The highest BCUT2D eigenvalue weighted by Crippen LogP contribution is 2.34. The Morgan fingerprint density at radius 1 is 0.935 bits per heavy atom. The highest BCUT2D eigenvalue weighted by atomic mass is 19.4. The lowest BCUT2D eigenvalue weighted by atomic mass is 10.1. The highest BCUT2D eigenvalue weighted by molar-refractivity contribution is 6.23. The van der Waals surface area contributed by atoms with Crippen LogP contribution >= 0.6 is 0 Å². The predicted molar refractivity (Wildman–Crippen MR) is 111 cm³/mol. The van der Waals surface area contributed by atoms with Crippen LogP contribution in [-0.2, 0) is 12.7 Å². The SMILES string of the molecule is CCCN1CCN(c2cccc3c2C(=O)N(Cc2cccc(C(F)(F)F)c2)C3=O)CC1. The Labute approximate surface area is 179 Å². The smallest absolute Gasteiger partial charge is 0.368 e. The number of carbonyl (C=O) groups is 2. The van der Waals surface area contributed by atoms with Gasteiger partial charge in [0.05, 0.1) is 28.9 Å². The minimum atomic E-state index is -4.48. The van der Waals surface area contributed by atoms with Crippen molar-refractivity contribution in [3.8, 4) is 0 Å². The summed E-state index contributed by atoms with van der Waals surface area (Å²) in [5, 5.41) is 0. The third-order valence-electron chi connectivity index (χ3n) is 5.82. The standard InChI is InChI=1S/C23H24F3N3O2/c1-2-9-27-10-12-28(13-11-27)19-8-4-7-18-20(19)22(31)29(21(18)30)15-16-5-3-6-17(14-16)23(24,25)26/h3-8,14H,2,9-13,15H2,1H3. The second kappa shape index (κ2) is 8.34. The minimum absolute atomic E-state index is 0.194. The molecule has 8 heteroatoms. The summed E-state index contributed by atoms with van der Waals surface area (Å²) in [4.78, 5) is 31.6. The van der Waals surface area contributed by atoms with Crippen LogP contribution in [0.15, 0.2) is 42.5 Å². The molecule has 0 N–H and O–H groups in total. The van der Waals surface area contributed by atoms with Gasteiger partial charge in [0.15, 0.2) is 0 Å². The quantitative estimate of drug-likeness (QED) is 0.671. The van der Waals surface area contributed by atoms with Crippen LogP contribution in [0.4, 0.5) is 18.9 Å². The van der Waals surface area contributed by atoms with Crippen LogP contribution in [0.25, 0.3) is 0 Å². The van der Waals surface area contributed by atoms with Crippen LogP contribution in [0, 0.1) is 0 Å². The molecule has 1 saturated heterocycles. The number of anilines is 1. The van der Waals surface area contributed by atoms with Crippen LogP contribution in [0.2, 0.25) is 0 Å². The Balaban J connectivity index is 1.57. The van der Waals surface area contributed by atoms with Crippen molar-refractivity contribution >= 4 is 17.5 Å². The van der Waals surface area contributed by atoms with Gasteiger partial charge in [-0.05, 0) is 42.8 Å². The first-order valence-corrected chi connectivity index (χ1v) is 10.4. The molecule has 1 fully saturated rings. The maximum absolute atomic E-state index is 13.2. The third-order valence-corrected chi connectivity index (χ3v) is 5.82. The fourth-order valence-corrected chi connectivity index (χ4v) is 4.28. The Hall–Kier alpha value is -2.87. The Morgan fingerprint density at radius 3 is 2.32 bits per heavy atom. The number of piperazine rings is 1. The second-order valence-electron chi connectivity index (χ2n) is 7.92. The van der Waals surface area contributed by atoms with Crippen molar-refractivity contribution in [1.82, 2.24) is 9.80 Å². The molecule has 2 aliphatic rings. The van der Waals surface area contributed by atoms with Crippen molar-refractivity contribution in [2.75, 3.05) is 37.6 Å². The molecule has 5 nitrogen and oxygen atoms in total. The van der Waals surface area contributed by atoms with Crippen molar-refractivity contribution in [3.63, 3.8) is 0 Å². The normalized spacial score (nSPS) is 17.4. The van der Waals surface area contributed by atoms with Crippen LogP contribution in [-0.4, -0.2) is 54.3 Å². The van der Waals surface area contributed by atoms with Crippen LogP contribution < -0.4 is 4.90 Å². The van der Waals surface area contributed by atoms with Gasteiger partial charge in [0.1, 0.15) is 0 Å². The fourth-order valence-electron chi connectivity index (χ4n) is 4.28. The van der Waals surface area contributed by atoms with Crippen molar-refractivity contribution in [2.45, 2.75) is 26.1 Å². The van der Waals surface area contributed by atoms with Crippen molar-refractivity contribution < 1.29 is 22.8 Å². The van der Waals surface area contributed by atoms with E-state index < -0.39 is 23.6 Å². The summed E-state index contributed by atoms with van der Waals surface area (Å²) in [7, 11) is 0. The number of fused-ring (bicyclic) bond motifs is 1. The van der Waals surface area contributed by atoms with E-state index in [0.29, 0.717) is 11.1 Å². The molecule has 4 rings (SSSR count). The number of benzene rings is 2. The van der Waals surface area contributed by atoms with Crippen molar-refractivity contribution in [3.05, 3.63) is 64.7 Å². The summed E-state index contributed by atoms with van der Waals surface area (Å²) >= 11 is 0.